The van der Waals surface area contributed by atoms with Crippen LogP contribution in [0.2, 0.25) is 0 Å². The second kappa shape index (κ2) is 5.20. The van der Waals surface area contributed by atoms with Crippen molar-refractivity contribution in [3.05, 3.63) is 42.6 Å². The number of hydrogen-bond acceptors (Lipinski definition) is 3. The maximum atomic E-state index is 4.75. The van der Waals surface area contributed by atoms with Crippen LogP contribution in [0.3, 0.4) is 0 Å². The lowest BCUT2D eigenvalue weighted by Crippen LogP contribution is -2.30. The number of anilines is 1. The fraction of sp³-hybridized carbons (Fsp3) is 0.294. The van der Waals surface area contributed by atoms with Gasteiger partial charge in [0.2, 0.25) is 5.95 Å². The minimum absolute atomic E-state index is 0.853. The third-order valence-electron chi connectivity index (χ3n) is 4.09. The van der Waals surface area contributed by atoms with E-state index < -0.39 is 0 Å². The lowest BCUT2D eigenvalue weighted by molar-refractivity contribution is 0.568. The van der Waals surface area contributed by atoms with Gasteiger partial charge in [-0.1, -0.05) is 18.2 Å². The van der Waals surface area contributed by atoms with Gasteiger partial charge in [-0.3, -0.25) is 0 Å². The highest BCUT2D eigenvalue weighted by Gasteiger charge is 2.14. The molecule has 0 atom stereocenters. The van der Waals surface area contributed by atoms with Crippen molar-refractivity contribution in [2.45, 2.75) is 19.3 Å². The number of nitrogens with zero attached hydrogens (tertiary/aromatic N) is 3. The van der Waals surface area contributed by atoms with Gasteiger partial charge in [-0.25, -0.2) is 9.97 Å². The molecule has 1 aromatic carbocycles. The van der Waals surface area contributed by atoms with Crippen LogP contribution in [-0.4, -0.2) is 28.0 Å². The summed E-state index contributed by atoms with van der Waals surface area (Å²) in [7, 11) is 0. The molecule has 0 unspecified atom stereocenters. The van der Waals surface area contributed by atoms with Crippen molar-refractivity contribution in [1.29, 1.82) is 0 Å². The number of aromatic amines is 1. The molecule has 0 aliphatic carbocycles. The Bertz CT molecular complexity index is 723. The summed E-state index contributed by atoms with van der Waals surface area (Å²) in [6, 6.07) is 12.4. The highest BCUT2D eigenvalue weighted by molar-refractivity contribution is 5.85. The molecule has 1 N–H and O–H groups in total. The summed E-state index contributed by atoms with van der Waals surface area (Å²) in [6.07, 6.45) is 5.65. The SMILES string of the molecule is c1ccc2[nH]c(-c3ccnc(N4CCCCC4)n3)cc2c1. The first-order valence-corrected chi connectivity index (χ1v) is 7.56. The molecule has 1 fully saturated rings. The number of fused-ring (bicyclic) bond motifs is 1. The van der Waals surface area contributed by atoms with Gasteiger partial charge in [0.1, 0.15) is 0 Å². The van der Waals surface area contributed by atoms with Gasteiger partial charge in [0, 0.05) is 30.2 Å². The van der Waals surface area contributed by atoms with E-state index in [1.165, 1.54) is 24.6 Å². The Morgan fingerprint density at radius 1 is 1.00 bits per heavy atom. The molecule has 4 heteroatoms. The van der Waals surface area contributed by atoms with Gasteiger partial charge in [-0.05, 0) is 37.5 Å². The predicted octanol–water partition coefficient (Wildman–Crippen LogP) is 3.62. The third kappa shape index (κ3) is 2.37. The van der Waals surface area contributed by atoms with E-state index >= 15 is 0 Å². The van der Waals surface area contributed by atoms with Crippen molar-refractivity contribution in [3.8, 4) is 11.4 Å². The van der Waals surface area contributed by atoms with Crippen LogP contribution >= 0.6 is 0 Å². The highest BCUT2D eigenvalue weighted by Crippen LogP contribution is 2.24. The van der Waals surface area contributed by atoms with E-state index in [0.717, 1.165) is 35.9 Å². The molecule has 4 rings (SSSR count). The number of aromatic nitrogens is 3. The summed E-state index contributed by atoms with van der Waals surface area (Å²) in [4.78, 5) is 14.9. The van der Waals surface area contributed by atoms with E-state index in [-0.39, 0.29) is 0 Å². The van der Waals surface area contributed by atoms with Gasteiger partial charge in [0.05, 0.1) is 11.4 Å². The first-order valence-electron chi connectivity index (χ1n) is 7.56. The van der Waals surface area contributed by atoms with Crippen molar-refractivity contribution < 1.29 is 0 Å². The lowest BCUT2D eigenvalue weighted by Gasteiger charge is -2.26. The maximum Gasteiger partial charge on any atom is 0.225 e. The molecule has 0 spiro atoms. The average Bonchev–Trinajstić information content (AvgIpc) is 3.00. The predicted molar refractivity (Wildman–Crippen MR) is 85.4 cm³/mol. The standard InChI is InChI=1S/C17H18N4/c1-4-10-21(11-5-1)17-18-9-8-15(20-17)16-12-13-6-2-3-7-14(13)19-16/h2-3,6-9,12,19H,1,4-5,10-11H2. The first-order chi connectivity index (χ1) is 10.4. The maximum absolute atomic E-state index is 4.75. The van der Waals surface area contributed by atoms with Crippen LogP contribution in [0.15, 0.2) is 42.6 Å². The largest absolute Gasteiger partial charge is 0.353 e. The topological polar surface area (TPSA) is 44.8 Å². The molecule has 2 aromatic heterocycles. The third-order valence-corrected chi connectivity index (χ3v) is 4.09. The zero-order valence-corrected chi connectivity index (χ0v) is 11.9. The molecule has 4 nitrogen and oxygen atoms in total. The second-order valence-corrected chi connectivity index (χ2v) is 5.56. The molecule has 21 heavy (non-hydrogen) atoms. The minimum atomic E-state index is 0.853. The quantitative estimate of drug-likeness (QED) is 0.778. The van der Waals surface area contributed by atoms with E-state index in [1.807, 2.05) is 18.3 Å². The lowest BCUT2D eigenvalue weighted by atomic mass is 10.1. The molecule has 1 saturated heterocycles. The van der Waals surface area contributed by atoms with Crippen LogP contribution in [0.25, 0.3) is 22.3 Å². The number of rotatable bonds is 2. The molecule has 0 amide bonds. The minimum Gasteiger partial charge on any atom is -0.353 e. The molecular formula is C17H18N4. The molecular weight excluding hydrogens is 260 g/mol. The monoisotopic (exact) mass is 278 g/mol. The molecule has 0 radical (unpaired) electrons. The van der Waals surface area contributed by atoms with Crippen LogP contribution in [0.1, 0.15) is 19.3 Å². The summed E-state index contributed by atoms with van der Waals surface area (Å²) in [5.74, 6) is 0.853. The Kier molecular flexibility index (Phi) is 3.07. The van der Waals surface area contributed by atoms with Crippen LogP contribution in [-0.2, 0) is 0 Å². The molecule has 0 bridgehead atoms. The van der Waals surface area contributed by atoms with Gasteiger partial charge in [-0.2, -0.15) is 0 Å². The zero-order chi connectivity index (χ0) is 14.1. The van der Waals surface area contributed by atoms with Gasteiger partial charge in [0.15, 0.2) is 0 Å². The van der Waals surface area contributed by atoms with Gasteiger partial charge < -0.3 is 9.88 Å². The first kappa shape index (κ1) is 12.4. The summed E-state index contributed by atoms with van der Waals surface area (Å²) in [5, 5.41) is 1.21. The average molecular weight is 278 g/mol. The van der Waals surface area contributed by atoms with Crippen LogP contribution in [0.5, 0.6) is 0 Å². The zero-order valence-electron chi connectivity index (χ0n) is 11.9. The smallest absolute Gasteiger partial charge is 0.225 e. The fourth-order valence-corrected chi connectivity index (χ4v) is 2.96. The number of hydrogen-bond donors (Lipinski definition) is 1. The summed E-state index contributed by atoms with van der Waals surface area (Å²) in [6.45, 7) is 2.13. The molecule has 3 heterocycles. The molecule has 106 valence electrons. The van der Waals surface area contributed by atoms with Crippen molar-refractivity contribution in [2.75, 3.05) is 18.0 Å². The highest BCUT2D eigenvalue weighted by atomic mass is 15.2. The summed E-state index contributed by atoms with van der Waals surface area (Å²) >= 11 is 0. The van der Waals surface area contributed by atoms with Crippen molar-refractivity contribution in [1.82, 2.24) is 15.0 Å². The number of benzene rings is 1. The Morgan fingerprint density at radius 3 is 2.71 bits per heavy atom. The fourth-order valence-electron chi connectivity index (χ4n) is 2.96. The number of piperidine rings is 1. The van der Waals surface area contributed by atoms with Crippen LogP contribution < -0.4 is 4.90 Å². The number of nitrogens with one attached hydrogen (secondary N) is 1. The molecule has 0 saturated carbocycles. The van der Waals surface area contributed by atoms with E-state index in [1.54, 1.807) is 0 Å². The van der Waals surface area contributed by atoms with Gasteiger partial charge in [-0.15, -0.1) is 0 Å². The Hall–Kier alpha value is -2.36. The van der Waals surface area contributed by atoms with Crippen molar-refractivity contribution in [2.24, 2.45) is 0 Å². The van der Waals surface area contributed by atoms with E-state index in [0.29, 0.717) is 0 Å². The Labute approximate surface area is 123 Å². The summed E-state index contributed by atoms with van der Waals surface area (Å²) < 4.78 is 0. The van der Waals surface area contributed by atoms with Crippen LogP contribution in [0, 0.1) is 0 Å². The van der Waals surface area contributed by atoms with E-state index in [4.69, 9.17) is 4.98 Å². The Balaban J connectivity index is 1.71. The Morgan fingerprint density at radius 2 is 1.86 bits per heavy atom. The van der Waals surface area contributed by atoms with Crippen molar-refractivity contribution in [3.63, 3.8) is 0 Å². The van der Waals surface area contributed by atoms with Gasteiger partial charge in [0.25, 0.3) is 0 Å². The van der Waals surface area contributed by atoms with E-state index in [9.17, 15) is 0 Å². The van der Waals surface area contributed by atoms with Crippen molar-refractivity contribution >= 4 is 16.9 Å². The van der Waals surface area contributed by atoms with Crippen LogP contribution in [0.4, 0.5) is 5.95 Å². The number of para-hydroxylation sites is 1. The normalized spacial score (nSPS) is 15.5. The van der Waals surface area contributed by atoms with E-state index in [2.05, 4.69) is 39.1 Å². The number of H-pyrrole nitrogens is 1. The summed E-state index contributed by atoms with van der Waals surface area (Å²) in [5.41, 5.74) is 3.16. The molecule has 1 aliphatic rings. The van der Waals surface area contributed by atoms with Gasteiger partial charge >= 0.3 is 0 Å². The second-order valence-electron chi connectivity index (χ2n) is 5.56. The molecule has 1 aliphatic heterocycles. The molecule has 3 aromatic rings.